The Morgan fingerprint density at radius 2 is 2.03 bits per heavy atom. The van der Waals surface area contributed by atoms with E-state index in [-0.39, 0.29) is 47.7 Å². The van der Waals surface area contributed by atoms with Crippen molar-refractivity contribution in [1.29, 1.82) is 5.26 Å². The van der Waals surface area contributed by atoms with Gasteiger partial charge < -0.3 is 9.15 Å². The van der Waals surface area contributed by atoms with Crippen molar-refractivity contribution in [3.05, 3.63) is 69.0 Å². The summed E-state index contributed by atoms with van der Waals surface area (Å²) in [6.45, 7) is 2.75. The maximum Gasteiger partial charge on any atom is 0.302 e. The summed E-state index contributed by atoms with van der Waals surface area (Å²) in [7, 11) is 0. The van der Waals surface area contributed by atoms with Crippen molar-refractivity contribution in [3.8, 4) is 17.4 Å². The fourth-order valence-electron chi connectivity index (χ4n) is 3.27. The number of carbonyl (C=O) groups is 3. The summed E-state index contributed by atoms with van der Waals surface area (Å²) in [5.74, 6) is -1.17. The van der Waals surface area contributed by atoms with Gasteiger partial charge in [0.25, 0.3) is 17.5 Å². The van der Waals surface area contributed by atoms with E-state index in [0.717, 1.165) is 4.90 Å². The van der Waals surface area contributed by atoms with E-state index in [1.165, 1.54) is 38.1 Å². The summed E-state index contributed by atoms with van der Waals surface area (Å²) in [6, 6.07) is 10.9. The number of furan rings is 1. The van der Waals surface area contributed by atoms with Crippen molar-refractivity contribution < 1.29 is 28.5 Å². The first-order valence-electron chi connectivity index (χ1n) is 9.90. The first-order valence-corrected chi connectivity index (χ1v) is 9.90. The summed E-state index contributed by atoms with van der Waals surface area (Å²) in [5, 5.41) is 20.5. The molecule has 0 radical (unpaired) electrons. The second-order valence-electron chi connectivity index (χ2n) is 7.13. The number of non-ortho nitro benzene ring substituents is 1. The molecular formula is C23H19N3O7. The average Bonchev–Trinajstić information content (AvgIpc) is 3.25. The van der Waals surface area contributed by atoms with Gasteiger partial charge in [0.05, 0.1) is 11.5 Å². The van der Waals surface area contributed by atoms with Crippen LogP contribution in [0.3, 0.4) is 0 Å². The Balaban J connectivity index is 1.91. The molecule has 0 saturated heterocycles. The van der Waals surface area contributed by atoms with E-state index in [1.54, 1.807) is 18.2 Å². The van der Waals surface area contributed by atoms with E-state index in [4.69, 9.17) is 9.15 Å². The van der Waals surface area contributed by atoms with Crippen LogP contribution in [0.2, 0.25) is 0 Å². The first kappa shape index (κ1) is 23.1. The van der Waals surface area contributed by atoms with Gasteiger partial charge in [0.2, 0.25) is 0 Å². The lowest BCUT2D eigenvalue weighted by atomic mass is 9.94. The van der Waals surface area contributed by atoms with Crippen molar-refractivity contribution in [2.45, 2.75) is 20.3 Å². The van der Waals surface area contributed by atoms with Crippen LogP contribution in [0.4, 0.5) is 5.69 Å². The van der Waals surface area contributed by atoms with E-state index in [9.17, 15) is 29.8 Å². The molecule has 2 heterocycles. The molecule has 1 aromatic carbocycles. The predicted octanol–water partition coefficient (Wildman–Crippen LogP) is 3.40. The number of nitro groups is 1. The highest BCUT2D eigenvalue weighted by Crippen LogP contribution is 2.30. The summed E-state index contributed by atoms with van der Waals surface area (Å²) in [4.78, 5) is 47.9. The van der Waals surface area contributed by atoms with E-state index in [0.29, 0.717) is 11.3 Å². The van der Waals surface area contributed by atoms with Gasteiger partial charge in [-0.3, -0.25) is 29.4 Å². The molecular weight excluding hydrogens is 430 g/mol. The van der Waals surface area contributed by atoms with Gasteiger partial charge >= 0.3 is 5.97 Å². The predicted molar refractivity (Wildman–Crippen MR) is 115 cm³/mol. The number of nitro benzene ring substituents is 1. The van der Waals surface area contributed by atoms with Crippen LogP contribution < -0.4 is 0 Å². The number of hydrogen-bond acceptors (Lipinski definition) is 8. The minimum absolute atomic E-state index is 0.0286. The molecule has 1 aliphatic rings. The third-order valence-electron chi connectivity index (χ3n) is 4.91. The van der Waals surface area contributed by atoms with Crippen LogP contribution in [-0.2, 0) is 19.1 Å². The van der Waals surface area contributed by atoms with Crippen LogP contribution in [0.25, 0.3) is 17.4 Å². The summed E-state index contributed by atoms with van der Waals surface area (Å²) < 4.78 is 10.6. The van der Waals surface area contributed by atoms with Gasteiger partial charge in [-0.2, -0.15) is 5.26 Å². The maximum absolute atomic E-state index is 13.0. The zero-order valence-corrected chi connectivity index (χ0v) is 17.9. The quantitative estimate of drug-likeness (QED) is 0.156. The summed E-state index contributed by atoms with van der Waals surface area (Å²) >= 11 is 0. The molecule has 2 amide bonds. The summed E-state index contributed by atoms with van der Waals surface area (Å²) in [6.07, 6.45) is 1.64. The number of nitrogens with zero attached hydrogens (tertiary/aromatic N) is 3. The molecule has 0 saturated carbocycles. The number of nitriles is 1. The number of benzene rings is 1. The molecule has 168 valence electrons. The smallest absolute Gasteiger partial charge is 0.302 e. The molecule has 1 aromatic heterocycles. The van der Waals surface area contributed by atoms with Gasteiger partial charge in [-0.25, -0.2) is 0 Å². The lowest BCUT2D eigenvalue weighted by molar-refractivity contribution is -0.384. The molecule has 0 bridgehead atoms. The van der Waals surface area contributed by atoms with Crippen molar-refractivity contribution in [2.24, 2.45) is 0 Å². The lowest BCUT2D eigenvalue weighted by Gasteiger charge is -2.27. The number of carbonyl (C=O) groups excluding carboxylic acids is 3. The minimum atomic E-state index is -0.711. The second-order valence-corrected chi connectivity index (χ2v) is 7.13. The molecule has 3 rings (SSSR count). The van der Waals surface area contributed by atoms with E-state index in [1.807, 2.05) is 6.07 Å². The van der Waals surface area contributed by atoms with Gasteiger partial charge in [-0.1, -0.05) is 12.1 Å². The van der Waals surface area contributed by atoms with E-state index >= 15 is 0 Å². The SMILES string of the molecule is CC(=O)OCCCN1C(=O)C(=Cc2ccc(-c3cccc([N+](=O)[O-])c3)o2)C(C)=C(C#N)C1=O. The molecule has 0 spiro atoms. The molecule has 0 aliphatic carbocycles. The summed E-state index contributed by atoms with van der Waals surface area (Å²) in [5.41, 5.74) is 0.553. The normalized spacial score (nSPS) is 15.1. The number of esters is 1. The molecule has 0 atom stereocenters. The van der Waals surface area contributed by atoms with Crippen LogP contribution in [0, 0.1) is 21.4 Å². The average molecular weight is 449 g/mol. The van der Waals surface area contributed by atoms with Crippen molar-refractivity contribution in [1.82, 2.24) is 4.90 Å². The molecule has 0 N–H and O–H groups in total. The highest BCUT2D eigenvalue weighted by atomic mass is 16.6. The number of hydrogen-bond donors (Lipinski definition) is 0. The Kier molecular flexibility index (Phi) is 6.83. The van der Waals surface area contributed by atoms with E-state index in [2.05, 4.69) is 0 Å². The standard InChI is InChI=1S/C23H19N3O7/c1-14-19(22(28)25(23(29)20(14)13-24)9-4-10-32-15(2)27)12-18-7-8-21(33-18)16-5-3-6-17(11-16)26(30)31/h3,5-8,11-12H,4,9-10H2,1-2H3. The largest absolute Gasteiger partial charge is 0.466 e. The number of imide groups is 1. The van der Waals surface area contributed by atoms with Crippen molar-refractivity contribution in [2.75, 3.05) is 13.2 Å². The Bertz CT molecular complexity index is 1250. The third kappa shape index (κ3) is 5.04. The van der Waals surface area contributed by atoms with Gasteiger partial charge in [0.15, 0.2) is 0 Å². The third-order valence-corrected chi connectivity index (χ3v) is 4.91. The zero-order valence-electron chi connectivity index (χ0n) is 17.9. The van der Waals surface area contributed by atoms with Gasteiger partial charge in [0.1, 0.15) is 23.2 Å². The molecule has 2 aromatic rings. The highest BCUT2D eigenvalue weighted by molar-refractivity contribution is 6.19. The van der Waals surface area contributed by atoms with Crippen molar-refractivity contribution >= 4 is 29.5 Å². The Hall–Kier alpha value is -4.52. The van der Waals surface area contributed by atoms with Crippen LogP contribution in [0.1, 0.15) is 26.0 Å². The molecule has 33 heavy (non-hydrogen) atoms. The van der Waals surface area contributed by atoms with Crippen molar-refractivity contribution in [3.63, 3.8) is 0 Å². The highest BCUT2D eigenvalue weighted by Gasteiger charge is 2.35. The fraction of sp³-hybridized carbons (Fsp3) is 0.217. The topological polar surface area (TPSA) is 144 Å². The van der Waals surface area contributed by atoms with Gasteiger partial charge in [-0.05, 0) is 37.1 Å². The van der Waals surface area contributed by atoms with Crippen LogP contribution in [0.15, 0.2) is 57.5 Å². The minimum Gasteiger partial charge on any atom is -0.466 e. The molecule has 0 fully saturated rings. The van der Waals surface area contributed by atoms with Gasteiger partial charge in [0, 0.05) is 36.7 Å². The maximum atomic E-state index is 13.0. The molecule has 10 heteroatoms. The number of rotatable bonds is 7. The number of ether oxygens (including phenoxy) is 1. The molecule has 10 nitrogen and oxygen atoms in total. The first-order chi connectivity index (χ1) is 15.7. The second kappa shape index (κ2) is 9.74. The monoisotopic (exact) mass is 449 g/mol. The van der Waals surface area contributed by atoms with E-state index < -0.39 is 22.7 Å². The lowest BCUT2D eigenvalue weighted by Crippen LogP contribution is -2.43. The van der Waals surface area contributed by atoms with Crippen LogP contribution in [-0.4, -0.2) is 40.8 Å². The number of amides is 2. The Morgan fingerprint density at radius 1 is 1.27 bits per heavy atom. The fourth-order valence-corrected chi connectivity index (χ4v) is 3.27. The Morgan fingerprint density at radius 3 is 2.70 bits per heavy atom. The Labute approximate surface area is 188 Å². The van der Waals surface area contributed by atoms with Crippen LogP contribution >= 0.6 is 0 Å². The van der Waals surface area contributed by atoms with Crippen LogP contribution in [0.5, 0.6) is 0 Å². The van der Waals surface area contributed by atoms with Gasteiger partial charge in [-0.15, -0.1) is 0 Å². The zero-order chi connectivity index (χ0) is 24.1. The molecule has 0 unspecified atom stereocenters. The molecule has 1 aliphatic heterocycles.